The van der Waals surface area contributed by atoms with Gasteiger partial charge in [0.05, 0.1) is 18.2 Å². The zero-order chi connectivity index (χ0) is 34.9. The van der Waals surface area contributed by atoms with Crippen LogP contribution in [0.15, 0.2) is 144 Å². The standard InChI is InChI=1S/C50H51NO2/c1-3-14-32(15-4-1)36-21-13-25-46-49(36)50(48-38-19-8-11-23-44(38)52-45-24-12-9-20-39(45)48)40-28-26-34(31-47(40)53-46)33-27-29-43-41(30-33)37-18-7-10-22-42(37)51(43)35-16-5-2-6-17-35/h2-3,5-8,10,14-16,18-20,22,24,26-31,35-36,38,40,44,46-50H,1,4,9,11-13,17,21,23,25H2. The summed E-state index contributed by atoms with van der Waals surface area (Å²) in [4.78, 5) is 0. The van der Waals surface area contributed by atoms with Crippen molar-refractivity contribution in [3.05, 3.63) is 150 Å². The Morgan fingerprint density at radius 2 is 1.60 bits per heavy atom. The highest BCUT2D eigenvalue weighted by atomic mass is 16.5. The Morgan fingerprint density at radius 3 is 2.53 bits per heavy atom. The fourth-order valence-electron chi connectivity index (χ4n) is 12.0. The topological polar surface area (TPSA) is 23.4 Å². The van der Waals surface area contributed by atoms with Crippen LogP contribution in [0.3, 0.4) is 0 Å². The minimum absolute atomic E-state index is 0.0672. The second-order valence-corrected chi connectivity index (χ2v) is 16.9. The van der Waals surface area contributed by atoms with Crippen molar-refractivity contribution < 1.29 is 9.47 Å². The predicted octanol–water partition coefficient (Wildman–Crippen LogP) is 12.1. The highest BCUT2D eigenvalue weighted by Crippen LogP contribution is 2.59. The van der Waals surface area contributed by atoms with Gasteiger partial charge in [0.25, 0.3) is 0 Å². The van der Waals surface area contributed by atoms with E-state index in [2.05, 4.69) is 132 Å². The average Bonchev–Trinajstić information content (AvgIpc) is 3.56. The number of nitrogens with zero attached hydrogens (tertiary/aromatic N) is 1. The summed E-state index contributed by atoms with van der Waals surface area (Å²) in [5.41, 5.74) is 8.30. The third-order valence-corrected chi connectivity index (χ3v) is 14.1. The molecular weight excluding hydrogens is 647 g/mol. The minimum atomic E-state index is 0.0672. The summed E-state index contributed by atoms with van der Waals surface area (Å²) < 4.78 is 16.8. The predicted molar refractivity (Wildman–Crippen MR) is 217 cm³/mol. The number of para-hydroxylation sites is 1. The van der Waals surface area contributed by atoms with Crippen LogP contribution >= 0.6 is 0 Å². The first-order chi connectivity index (χ1) is 26.3. The number of aromatic nitrogens is 1. The molecule has 0 spiro atoms. The molecule has 2 aromatic carbocycles. The van der Waals surface area contributed by atoms with Crippen LogP contribution in [-0.2, 0) is 9.47 Å². The molecule has 0 N–H and O–H groups in total. The van der Waals surface area contributed by atoms with E-state index in [1.54, 1.807) is 5.57 Å². The maximum atomic E-state index is 7.42. The van der Waals surface area contributed by atoms with E-state index in [1.807, 2.05) is 0 Å². The molecule has 11 rings (SSSR count). The quantitative estimate of drug-likeness (QED) is 0.253. The molecule has 3 nitrogen and oxygen atoms in total. The van der Waals surface area contributed by atoms with Gasteiger partial charge < -0.3 is 14.0 Å². The highest BCUT2D eigenvalue weighted by Gasteiger charge is 2.56. The van der Waals surface area contributed by atoms with Crippen LogP contribution < -0.4 is 0 Å². The van der Waals surface area contributed by atoms with Crippen LogP contribution in [0, 0.1) is 35.5 Å². The van der Waals surface area contributed by atoms with Crippen molar-refractivity contribution in [3.8, 4) is 0 Å². The van der Waals surface area contributed by atoms with Crippen LogP contribution in [0.25, 0.3) is 27.4 Å². The van der Waals surface area contributed by atoms with Gasteiger partial charge in [-0.05, 0) is 128 Å². The summed E-state index contributed by atoms with van der Waals surface area (Å²) in [7, 11) is 0. The second kappa shape index (κ2) is 13.2. The van der Waals surface area contributed by atoms with Gasteiger partial charge in [-0.1, -0.05) is 104 Å². The van der Waals surface area contributed by atoms with Gasteiger partial charge in [-0.3, -0.25) is 0 Å². The van der Waals surface area contributed by atoms with Gasteiger partial charge in [0.1, 0.15) is 11.9 Å². The van der Waals surface area contributed by atoms with Crippen molar-refractivity contribution in [3.63, 3.8) is 0 Å². The Labute approximate surface area is 314 Å². The van der Waals surface area contributed by atoms with Crippen molar-refractivity contribution in [1.82, 2.24) is 4.57 Å². The fourth-order valence-corrected chi connectivity index (χ4v) is 12.0. The lowest BCUT2D eigenvalue weighted by atomic mass is 9.53. The van der Waals surface area contributed by atoms with E-state index >= 15 is 0 Å². The number of allylic oxidation sites excluding steroid dienone is 14. The summed E-state index contributed by atoms with van der Waals surface area (Å²) in [6.07, 6.45) is 46.1. The molecule has 2 saturated heterocycles. The lowest BCUT2D eigenvalue weighted by Crippen LogP contribution is -2.57. The summed E-state index contributed by atoms with van der Waals surface area (Å²) in [5.74, 6) is 3.92. The highest BCUT2D eigenvalue weighted by molar-refractivity contribution is 6.09. The first-order valence-corrected chi connectivity index (χ1v) is 20.8. The molecule has 3 heterocycles. The number of hydrogen-bond donors (Lipinski definition) is 0. The van der Waals surface area contributed by atoms with E-state index in [4.69, 9.17) is 9.47 Å². The Hall–Kier alpha value is -4.34. The molecule has 2 aliphatic heterocycles. The molecule has 53 heavy (non-hydrogen) atoms. The number of ether oxygens (including phenoxy) is 2. The zero-order valence-electron chi connectivity index (χ0n) is 30.7. The third-order valence-electron chi connectivity index (χ3n) is 14.1. The van der Waals surface area contributed by atoms with Crippen LogP contribution in [0.2, 0.25) is 0 Å². The summed E-state index contributed by atoms with van der Waals surface area (Å²) in [5, 5.41) is 2.67. The zero-order valence-corrected chi connectivity index (χ0v) is 30.7. The van der Waals surface area contributed by atoms with Crippen molar-refractivity contribution in [2.24, 2.45) is 35.5 Å². The molecule has 1 aromatic heterocycles. The molecule has 0 bridgehead atoms. The van der Waals surface area contributed by atoms with Gasteiger partial charge in [-0.2, -0.15) is 0 Å². The Morgan fingerprint density at radius 1 is 0.679 bits per heavy atom. The second-order valence-electron chi connectivity index (χ2n) is 16.9. The number of benzene rings is 2. The summed E-state index contributed by atoms with van der Waals surface area (Å²) >= 11 is 0. The lowest BCUT2D eigenvalue weighted by molar-refractivity contribution is -0.161. The number of fused-ring (bicyclic) bond motifs is 7. The molecule has 0 amide bonds. The molecule has 3 fully saturated rings. The van der Waals surface area contributed by atoms with Gasteiger partial charge in [0, 0.05) is 39.6 Å². The number of hydrogen-bond acceptors (Lipinski definition) is 2. The first kappa shape index (κ1) is 32.1. The van der Waals surface area contributed by atoms with Gasteiger partial charge >= 0.3 is 0 Å². The maximum Gasteiger partial charge on any atom is 0.118 e. The van der Waals surface area contributed by atoms with E-state index < -0.39 is 0 Å². The Bertz CT molecular complexity index is 2230. The van der Waals surface area contributed by atoms with E-state index in [9.17, 15) is 0 Å². The van der Waals surface area contributed by atoms with Crippen molar-refractivity contribution in [1.29, 1.82) is 0 Å². The van der Waals surface area contributed by atoms with Gasteiger partial charge in [-0.15, -0.1) is 0 Å². The normalized spacial score (nSPS) is 35.7. The third kappa shape index (κ3) is 5.32. The first-order valence-electron chi connectivity index (χ1n) is 20.8. The molecule has 1 saturated carbocycles. The van der Waals surface area contributed by atoms with E-state index in [0.717, 1.165) is 38.5 Å². The smallest absolute Gasteiger partial charge is 0.118 e. The minimum Gasteiger partial charge on any atom is -0.490 e. The van der Waals surface area contributed by atoms with Crippen LogP contribution in [0.5, 0.6) is 0 Å². The molecule has 268 valence electrons. The summed E-state index contributed by atoms with van der Waals surface area (Å²) in [6.45, 7) is 0. The van der Waals surface area contributed by atoms with Gasteiger partial charge in [0.2, 0.25) is 0 Å². The number of rotatable bonds is 4. The van der Waals surface area contributed by atoms with E-state index in [0.29, 0.717) is 41.5 Å². The van der Waals surface area contributed by atoms with Gasteiger partial charge in [-0.25, -0.2) is 0 Å². The molecule has 10 atom stereocenters. The van der Waals surface area contributed by atoms with E-state index in [1.165, 1.54) is 70.0 Å². The van der Waals surface area contributed by atoms with E-state index in [-0.39, 0.29) is 18.3 Å². The van der Waals surface area contributed by atoms with Crippen LogP contribution in [0.4, 0.5) is 0 Å². The Balaban J connectivity index is 1.01. The van der Waals surface area contributed by atoms with Crippen molar-refractivity contribution in [2.45, 2.75) is 88.6 Å². The molecule has 8 aliphatic rings. The molecule has 10 unspecified atom stereocenters. The monoisotopic (exact) mass is 697 g/mol. The largest absolute Gasteiger partial charge is 0.490 e. The summed E-state index contributed by atoms with van der Waals surface area (Å²) in [6, 6.07) is 16.5. The molecule has 0 radical (unpaired) electrons. The molecule has 3 aromatic rings. The fraction of sp³-hybridized carbons (Fsp3) is 0.400. The average molecular weight is 698 g/mol. The van der Waals surface area contributed by atoms with Gasteiger partial charge in [0.15, 0.2) is 0 Å². The molecule has 6 aliphatic carbocycles. The SMILES string of the molecule is C1=CCC(n2c3ccccc3c3cc(C4=CC5OC6CCCC(C7=CCCC=C7)C6C(C6C7=CCCC=C7OC7CCC=CC76)C5C=C4)ccc32)C=C1. The van der Waals surface area contributed by atoms with Crippen molar-refractivity contribution >= 4 is 27.4 Å². The Kier molecular flexibility index (Phi) is 8.00. The lowest BCUT2D eigenvalue weighted by Gasteiger charge is -2.57. The molecule has 3 heteroatoms. The maximum absolute atomic E-state index is 7.42. The molecular formula is C50H51NO2. The van der Waals surface area contributed by atoms with Crippen LogP contribution in [0.1, 0.15) is 75.8 Å². The van der Waals surface area contributed by atoms with Crippen LogP contribution in [-0.4, -0.2) is 22.9 Å². The van der Waals surface area contributed by atoms with Crippen molar-refractivity contribution in [2.75, 3.05) is 0 Å².